The Bertz CT molecular complexity index is 516. The maximum absolute atomic E-state index is 12.0. The highest BCUT2D eigenvalue weighted by Crippen LogP contribution is 2.09. The third-order valence-corrected chi connectivity index (χ3v) is 2.55. The molecule has 0 aliphatic rings. The van der Waals surface area contributed by atoms with Crippen molar-refractivity contribution in [2.75, 3.05) is 5.73 Å². The summed E-state index contributed by atoms with van der Waals surface area (Å²) in [5.41, 5.74) is 6.87. The molecule has 0 atom stereocenters. The van der Waals surface area contributed by atoms with Crippen molar-refractivity contribution in [3.05, 3.63) is 42.0 Å². The molecule has 17 heavy (non-hydrogen) atoms. The number of hydrogen-bond acceptors (Lipinski definition) is 4. The van der Waals surface area contributed by atoms with Crippen LogP contribution in [-0.4, -0.2) is 20.5 Å². The van der Waals surface area contributed by atoms with E-state index in [4.69, 9.17) is 5.73 Å². The number of nitrogens with two attached hydrogens (primary N) is 1. The molecule has 5 heteroatoms. The summed E-state index contributed by atoms with van der Waals surface area (Å²) in [6.07, 6.45) is 1.73. The number of Topliss-reactive ketones (excluding diaryl/α,β-unsaturated/α-hetero) is 1. The van der Waals surface area contributed by atoms with Crippen LogP contribution in [0.3, 0.4) is 0 Å². The van der Waals surface area contributed by atoms with Gasteiger partial charge in [-0.2, -0.15) is 5.10 Å². The SMILES string of the molecule is CCn1ncnc1CC(=O)c1ccc(N)cc1. The van der Waals surface area contributed by atoms with Gasteiger partial charge in [0.05, 0.1) is 6.42 Å². The van der Waals surface area contributed by atoms with E-state index in [-0.39, 0.29) is 12.2 Å². The van der Waals surface area contributed by atoms with Crippen molar-refractivity contribution in [1.29, 1.82) is 0 Å². The summed E-state index contributed by atoms with van der Waals surface area (Å²) in [5, 5.41) is 4.03. The van der Waals surface area contributed by atoms with E-state index in [0.717, 1.165) is 0 Å². The van der Waals surface area contributed by atoms with Gasteiger partial charge in [-0.25, -0.2) is 9.67 Å². The van der Waals surface area contributed by atoms with Gasteiger partial charge in [0, 0.05) is 17.8 Å². The second-order valence-electron chi connectivity index (χ2n) is 3.71. The molecule has 0 amide bonds. The Kier molecular flexibility index (Phi) is 3.18. The Labute approximate surface area is 99.3 Å². The molecule has 0 bridgehead atoms. The molecule has 2 rings (SSSR count). The number of carbonyl (C=O) groups is 1. The monoisotopic (exact) mass is 230 g/mol. The molecule has 0 unspecified atom stereocenters. The number of rotatable bonds is 4. The maximum Gasteiger partial charge on any atom is 0.170 e. The molecule has 1 aromatic carbocycles. The predicted octanol–water partition coefficient (Wildman–Crippen LogP) is 1.31. The van der Waals surface area contributed by atoms with Gasteiger partial charge in [-0.05, 0) is 31.2 Å². The molecule has 5 nitrogen and oxygen atoms in total. The average Bonchev–Trinajstić information content (AvgIpc) is 2.77. The summed E-state index contributed by atoms with van der Waals surface area (Å²) in [6.45, 7) is 2.68. The molecule has 1 aromatic heterocycles. The van der Waals surface area contributed by atoms with E-state index in [2.05, 4.69) is 10.1 Å². The number of nitrogen functional groups attached to an aromatic ring is 1. The zero-order valence-electron chi connectivity index (χ0n) is 9.63. The molecule has 2 N–H and O–H groups in total. The summed E-state index contributed by atoms with van der Waals surface area (Å²) in [5.74, 6) is 0.710. The van der Waals surface area contributed by atoms with Crippen molar-refractivity contribution in [1.82, 2.24) is 14.8 Å². The van der Waals surface area contributed by atoms with Gasteiger partial charge in [0.2, 0.25) is 0 Å². The molecule has 88 valence electrons. The first-order valence-electron chi connectivity index (χ1n) is 5.46. The van der Waals surface area contributed by atoms with Gasteiger partial charge in [-0.15, -0.1) is 0 Å². The lowest BCUT2D eigenvalue weighted by Gasteiger charge is -2.03. The van der Waals surface area contributed by atoms with Gasteiger partial charge in [0.15, 0.2) is 5.78 Å². The Morgan fingerprint density at radius 3 is 2.71 bits per heavy atom. The van der Waals surface area contributed by atoms with E-state index >= 15 is 0 Å². The van der Waals surface area contributed by atoms with Crippen molar-refractivity contribution in [2.24, 2.45) is 0 Å². The van der Waals surface area contributed by atoms with Gasteiger partial charge < -0.3 is 5.73 Å². The first kappa shape index (κ1) is 11.3. The van der Waals surface area contributed by atoms with Gasteiger partial charge >= 0.3 is 0 Å². The summed E-state index contributed by atoms with van der Waals surface area (Å²) < 4.78 is 1.72. The minimum atomic E-state index is 0.0210. The Hall–Kier alpha value is -2.17. The van der Waals surface area contributed by atoms with E-state index in [9.17, 15) is 4.79 Å². The average molecular weight is 230 g/mol. The highest BCUT2D eigenvalue weighted by molar-refractivity contribution is 5.97. The van der Waals surface area contributed by atoms with Crippen LogP contribution in [0.2, 0.25) is 0 Å². The lowest BCUT2D eigenvalue weighted by Crippen LogP contribution is -2.10. The van der Waals surface area contributed by atoms with E-state index in [1.807, 2.05) is 6.92 Å². The van der Waals surface area contributed by atoms with Crippen LogP contribution in [-0.2, 0) is 13.0 Å². The number of aryl methyl sites for hydroxylation is 1. The fourth-order valence-electron chi connectivity index (χ4n) is 1.60. The summed E-state index contributed by atoms with van der Waals surface area (Å²) in [4.78, 5) is 16.0. The first-order valence-corrected chi connectivity index (χ1v) is 5.46. The van der Waals surface area contributed by atoms with Gasteiger partial charge in [0.1, 0.15) is 12.2 Å². The minimum Gasteiger partial charge on any atom is -0.399 e. The predicted molar refractivity (Wildman–Crippen MR) is 64.6 cm³/mol. The van der Waals surface area contributed by atoms with E-state index in [1.54, 1.807) is 28.9 Å². The van der Waals surface area contributed by atoms with Gasteiger partial charge in [-0.3, -0.25) is 4.79 Å². The molecule has 0 saturated carbocycles. The number of anilines is 1. The zero-order valence-corrected chi connectivity index (χ0v) is 9.63. The molecule has 0 saturated heterocycles. The molecule has 0 spiro atoms. The Balaban J connectivity index is 2.14. The molecular formula is C12H14N4O. The number of hydrogen-bond donors (Lipinski definition) is 1. The number of aromatic nitrogens is 3. The quantitative estimate of drug-likeness (QED) is 0.634. The summed E-state index contributed by atoms with van der Waals surface area (Å²) >= 11 is 0. The van der Waals surface area contributed by atoms with Gasteiger partial charge in [-0.1, -0.05) is 0 Å². The smallest absolute Gasteiger partial charge is 0.170 e. The molecule has 1 heterocycles. The Morgan fingerprint density at radius 2 is 2.06 bits per heavy atom. The van der Waals surface area contributed by atoms with Crippen LogP contribution in [0.25, 0.3) is 0 Å². The zero-order chi connectivity index (χ0) is 12.3. The van der Waals surface area contributed by atoms with Gasteiger partial charge in [0.25, 0.3) is 0 Å². The third kappa shape index (κ3) is 2.50. The van der Waals surface area contributed by atoms with Crippen LogP contribution in [0.1, 0.15) is 23.1 Å². The third-order valence-electron chi connectivity index (χ3n) is 2.55. The van der Waals surface area contributed by atoms with Crippen LogP contribution in [0, 0.1) is 0 Å². The van der Waals surface area contributed by atoms with Crippen LogP contribution < -0.4 is 5.73 Å². The maximum atomic E-state index is 12.0. The van der Waals surface area contributed by atoms with Crippen molar-refractivity contribution in [3.8, 4) is 0 Å². The van der Waals surface area contributed by atoms with Crippen LogP contribution in [0.15, 0.2) is 30.6 Å². The van der Waals surface area contributed by atoms with E-state index < -0.39 is 0 Å². The normalized spacial score (nSPS) is 10.4. The standard InChI is InChI=1S/C12H14N4O/c1-2-16-12(14-8-15-16)7-11(17)9-3-5-10(13)6-4-9/h3-6,8H,2,7,13H2,1H3. The topological polar surface area (TPSA) is 73.8 Å². The van der Waals surface area contributed by atoms with Crippen molar-refractivity contribution < 1.29 is 4.79 Å². The van der Waals surface area contributed by atoms with Crippen molar-refractivity contribution in [3.63, 3.8) is 0 Å². The highest BCUT2D eigenvalue weighted by Gasteiger charge is 2.11. The summed E-state index contributed by atoms with van der Waals surface area (Å²) in [7, 11) is 0. The second-order valence-corrected chi connectivity index (χ2v) is 3.71. The summed E-state index contributed by atoms with van der Waals surface area (Å²) in [6, 6.07) is 6.89. The van der Waals surface area contributed by atoms with Crippen LogP contribution in [0.5, 0.6) is 0 Å². The Morgan fingerprint density at radius 1 is 1.35 bits per heavy atom. The van der Waals surface area contributed by atoms with Crippen molar-refractivity contribution >= 4 is 11.5 Å². The second kappa shape index (κ2) is 4.78. The minimum absolute atomic E-state index is 0.0210. The molecular weight excluding hydrogens is 216 g/mol. The van der Waals surface area contributed by atoms with E-state index in [1.165, 1.54) is 6.33 Å². The number of carbonyl (C=O) groups excluding carboxylic acids is 1. The molecule has 0 aliphatic carbocycles. The molecule has 0 fully saturated rings. The molecule has 0 aliphatic heterocycles. The lowest BCUT2D eigenvalue weighted by molar-refractivity contribution is 0.0989. The van der Waals surface area contributed by atoms with Crippen molar-refractivity contribution in [2.45, 2.75) is 19.9 Å². The first-order chi connectivity index (χ1) is 8.20. The largest absolute Gasteiger partial charge is 0.399 e. The number of ketones is 1. The molecule has 2 aromatic rings. The highest BCUT2D eigenvalue weighted by atomic mass is 16.1. The van der Waals surface area contributed by atoms with Crippen LogP contribution >= 0.6 is 0 Å². The fraction of sp³-hybridized carbons (Fsp3) is 0.250. The van der Waals surface area contributed by atoms with E-state index in [0.29, 0.717) is 23.6 Å². The number of benzene rings is 1. The molecule has 0 radical (unpaired) electrons. The lowest BCUT2D eigenvalue weighted by atomic mass is 10.1. The fourth-order valence-corrected chi connectivity index (χ4v) is 1.60. The number of nitrogens with zero attached hydrogens (tertiary/aromatic N) is 3. The van der Waals surface area contributed by atoms with Crippen LogP contribution in [0.4, 0.5) is 5.69 Å².